The molecule has 4 rings (SSSR count). The molecular formula is C26H28N2O4. The van der Waals surface area contributed by atoms with Crippen molar-refractivity contribution in [3.63, 3.8) is 0 Å². The van der Waals surface area contributed by atoms with Crippen molar-refractivity contribution in [2.75, 3.05) is 9.80 Å². The van der Waals surface area contributed by atoms with Gasteiger partial charge in [0.15, 0.2) is 0 Å². The van der Waals surface area contributed by atoms with E-state index in [1.807, 2.05) is 38.1 Å². The van der Waals surface area contributed by atoms with E-state index in [4.69, 9.17) is 0 Å². The fraction of sp³-hybridized carbons (Fsp3) is 0.385. The maximum Gasteiger partial charge on any atom is 0.237 e. The molecule has 0 saturated carbocycles. The van der Waals surface area contributed by atoms with E-state index in [1.165, 1.54) is 9.80 Å². The highest BCUT2D eigenvalue weighted by Gasteiger charge is 2.46. The van der Waals surface area contributed by atoms with Gasteiger partial charge in [-0.15, -0.1) is 0 Å². The SMILES string of the molecule is CCC(CC(C)C1CC(=O)N(c2ccccc2)C1=O)C1CC(=O)N(c2ccccc2)C1=O. The summed E-state index contributed by atoms with van der Waals surface area (Å²) in [6, 6.07) is 18.0. The predicted molar refractivity (Wildman–Crippen MR) is 122 cm³/mol. The first-order valence-electron chi connectivity index (χ1n) is 11.3. The normalized spacial score (nSPS) is 23.2. The minimum Gasteiger partial charge on any atom is -0.274 e. The van der Waals surface area contributed by atoms with Crippen LogP contribution in [0.3, 0.4) is 0 Å². The van der Waals surface area contributed by atoms with Gasteiger partial charge in [0.05, 0.1) is 23.2 Å². The molecule has 4 amide bonds. The number of imide groups is 2. The Kier molecular flexibility index (Phi) is 6.21. The Balaban J connectivity index is 1.47. The zero-order valence-electron chi connectivity index (χ0n) is 18.4. The summed E-state index contributed by atoms with van der Waals surface area (Å²) in [7, 11) is 0. The second kappa shape index (κ2) is 9.07. The number of carbonyl (C=O) groups excluding carboxylic acids is 4. The Morgan fingerprint density at radius 1 is 0.750 bits per heavy atom. The maximum absolute atomic E-state index is 13.1. The molecule has 0 spiro atoms. The van der Waals surface area contributed by atoms with E-state index in [9.17, 15) is 19.2 Å². The molecule has 2 heterocycles. The van der Waals surface area contributed by atoms with E-state index >= 15 is 0 Å². The first-order chi connectivity index (χ1) is 15.4. The lowest BCUT2D eigenvalue weighted by molar-refractivity contribution is -0.123. The number of amides is 4. The zero-order chi connectivity index (χ0) is 22.8. The van der Waals surface area contributed by atoms with Gasteiger partial charge < -0.3 is 0 Å². The van der Waals surface area contributed by atoms with E-state index < -0.39 is 11.8 Å². The van der Waals surface area contributed by atoms with Gasteiger partial charge in [0.2, 0.25) is 23.6 Å². The topological polar surface area (TPSA) is 74.8 Å². The fourth-order valence-electron chi connectivity index (χ4n) is 5.08. The van der Waals surface area contributed by atoms with E-state index in [1.54, 1.807) is 36.4 Å². The summed E-state index contributed by atoms with van der Waals surface area (Å²) in [5, 5.41) is 0. The lowest BCUT2D eigenvalue weighted by atomic mass is 9.77. The van der Waals surface area contributed by atoms with Crippen molar-refractivity contribution in [2.45, 2.75) is 39.5 Å². The molecule has 166 valence electrons. The molecule has 2 aliphatic heterocycles. The summed E-state index contributed by atoms with van der Waals surface area (Å²) in [5.74, 6) is -1.61. The van der Waals surface area contributed by atoms with Crippen molar-refractivity contribution < 1.29 is 19.2 Å². The van der Waals surface area contributed by atoms with Crippen molar-refractivity contribution in [3.8, 4) is 0 Å². The van der Waals surface area contributed by atoms with Crippen molar-refractivity contribution >= 4 is 35.0 Å². The van der Waals surface area contributed by atoms with Gasteiger partial charge in [-0.05, 0) is 42.5 Å². The Morgan fingerprint density at radius 3 is 1.66 bits per heavy atom. The molecule has 0 bridgehead atoms. The maximum atomic E-state index is 13.1. The van der Waals surface area contributed by atoms with Crippen molar-refractivity contribution in [1.29, 1.82) is 0 Å². The van der Waals surface area contributed by atoms with Crippen LogP contribution in [0.5, 0.6) is 0 Å². The van der Waals surface area contributed by atoms with Crippen LogP contribution in [0.25, 0.3) is 0 Å². The van der Waals surface area contributed by atoms with E-state index in [0.717, 1.165) is 6.42 Å². The van der Waals surface area contributed by atoms with Crippen LogP contribution in [-0.2, 0) is 19.2 Å². The Morgan fingerprint density at radius 2 is 1.19 bits per heavy atom. The summed E-state index contributed by atoms with van der Waals surface area (Å²) < 4.78 is 0. The minimum atomic E-state index is -0.408. The monoisotopic (exact) mass is 432 g/mol. The third-order valence-corrected chi connectivity index (χ3v) is 6.85. The molecule has 0 aromatic heterocycles. The third kappa shape index (κ3) is 3.97. The van der Waals surface area contributed by atoms with Crippen LogP contribution in [0.4, 0.5) is 11.4 Å². The zero-order valence-corrected chi connectivity index (χ0v) is 18.4. The van der Waals surface area contributed by atoms with Gasteiger partial charge in [-0.3, -0.25) is 29.0 Å². The van der Waals surface area contributed by atoms with Crippen LogP contribution >= 0.6 is 0 Å². The number of hydrogen-bond donors (Lipinski definition) is 0. The van der Waals surface area contributed by atoms with Crippen LogP contribution < -0.4 is 9.80 Å². The van der Waals surface area contributed by atoms with E-state index in [2.05, 4.69) is 0 Å². The van der Waals surface area contributed by atoms with Crippen LogP contribution in [0.1, 0.15) is 39.5 Å². The fourth-order valence-corrected chi connectivity index (χ4v) is 5.08. The van der Waals surface area contributed by atoms with Crippen molar-refractivity contribution in [3.05, 3.63) is 60.7 Å². The molecule has 2 saturated heterocycles. The smallest absolute Gasteiger partial charge is 0.237 e. The molecule has 4 atom stereocenters. The number of anilines is 2. The van der Waals surface area contributed by atoms with Gasteiger partial charge >= 0.3 is 0 Å². The summed E-state index contributed by atoms with van der Waals surface area (Å²) in [6.45, 7) is 3.99. The molecule has 2 fully saturated rings. The number of para-hydroxylation sites is 2. The Bertz CT molecular complexity index is 1020. The lowest BCUT2D eigenvalue weighted by Crippen LogP contribution is -2.34. The summed E-state index contributed by atoms with van der Waals surface area (Å²) in [6.07, 6.45) is 1.72. The van der Waals surface area contributed by atoms with Crippen LogP contribution in [-0.4, -0.2) is 23.6 Å². The molecule has 0 radical (unpaired) electrons. The van der Waals surface area contributed by atoms with E-state index in [0.29, 0.717) is 17.8 Å². The molecule has 0 aliphatic carbocycles. The average Bonchev–Trinajstić information content (AvgIpc) is 3.27. The van der Waals surface area contributed by atoms with Gasteiger partial charge in [-0.25, -0.2) is 0 Å². The lowest BCUT2D eigenvalue weighted by Gasteiger charge is -2.26. The highest BCUT2D eigenvalue weighted by molar-refractivity contribution is 6.21. The number of nitrogens with zero attached hydrogens (tertiary/aromatic N) is 2. The molecular weight excluding hydrogens is 404 g/mol. The molecule has 0 N–H and O–H groups in total. The van der Waals surface area contributed by atoms with Crippen LogP contribution in [0.2, 0.25) is 0 Å². The number of hydrogen-bond acceptors (Lipinski definition) is 4. The summed E-state index contributed by atoms with van der Waals surface area (Å²) >= 11 is 0. The standard InChI is InChI=1S/C26H28N2O4/c1-3-18(22-16-24(30)28(26(22)32)20-12-8-5-9-13-20)14-17(2)21-15-23(29)27(25(21)31)19-10-6-4-7-11-19/h4-13,17-18,21-22H,3,14-16H2,1-2H3. The predicted octanol–water partition coefficient (Wildman–Crippen LogP) is 4.20. The Labute approximate surface area is 188 Å². The van der Waals surface area contributed by atoms with Gasteiger partial charge in [0, 0.05) is 12.8 Å². The molecule has 2 aromatic rings. The van der Waals surface area contributed by atoms with E-state index in [-0.39, 0.29) is 48.3 Å². The van der Waals surface area contributed by atoms with Crippen LogP contribution in [0, 0.1) is 23.7 Å². The van der Waals surface area contributed by atoms with Crippen LogP contribution in [0.15, 0.2) is 60.7 Å². The van der Waals surface area contributed by atoms with Gasteiger partial charge in [-0.2, -0.15) is 0 Å². The second-order valence-electron chi connectivity index (χ2n) is 8.81. The second-order valence-corrected chi connectivity index (χ2v) is 8.81. The van der Waals surface area contributed by atoms with Gasteiger partial charge in [0.1, 0.15) is 0 Å². The third-order valence-electron chi connectivity index (χ3n) is 6.85. The number of carbonyl (C=O) groups is 4. The largest absolute Gasteiger partial charge is 0.274 e. The molecule has 32 heavy (non-hydrogen) atoms. The van der Waals surface area contributed by atoms with Gasteiger partial charge in [-0.1, -0.05) is 56.7 Å². The average molecular weight is 433 g/mol. The summed E-state index contributed by atoms with van der Waals surface area (Å²) in [5.41, 5.74) is 1.20. The highest BCUT2D eigenvalue weighted by Crippen LogP contribution is 2.39. The Hall–Kier alpha value is -3.28. The first kappa shape index (κ1) is 21.9. The summed E-state index contributed by atoms with van der Waals surface area (Å²) in [4.78, 5) is 54.1. The number of benzene rings is 2. The quantitative estimate of drug-likeness (QED) is 0.615. The number of rotatable bonds is 7. The molecule has 4 unspecified atom stereocenters. The van der Waals surface area contributed by atoms with Gasteiger partial charge in [0.25, 0.3) is 0 Å². The van der Waals surface area contributed by atoms with Crippen molar-refractivity contribution in [1.82, 2.24) is 0 Å². The molecule has 2 aliphatic rings. The first-order valence-corrected chi connectivity index (χ1v) is 11.3. The minimum absolute atomic E-state index is 0.0242. The van der Waals surface area contributed by atoms with Crippen molar-refractivity contribution in [2.24, 2.45) is 23.7 Å². The molecule has 2 aromatic carbocycles. The highest BCUT2D eigenvalue weighted by atomic mass is 16.2. The molecule has 6 heteroatoms. The molecule has 6 nitrogen and oxygen atoms in total.